The van der Waals surface area contributed by atoms with Gasteiger partial charge >= 0.3 is 0 Å². The van der Waals surface area contributed by atoms with Gasteiger partial charge in [0.05, 0.1) is 6.54 Å². The minimum absolute atomic E-state index is 0.0563. The van der Waals surface area contributed by atoms with Gasteiger partial charge in [-0.25, -0.2) is 4.39 Å². The van der Waals surface area contributed by atoms with Gasteiger partial charge in [-0.3, -0.25) is 4.79 Å². The minimum Gasteiger partial charge on any atom is -0.340 e. The van der Waals surface area contributed by atoms with Crippen molar-refractivity contribution in [2.75, 3.05) is 0 Å². The van der Waals surface area contributed by atoms with Gasteiger partial charge < -0.3 is 4.57 Å². The van der Waals surface area contributed by atoms with Crippen LogP contribution in [0.25, 0.3) is 10.9 Å². The summed E-state index contributed by atoms with van der Waals surface area (Å²) in [6, 6.07) is 12.5. The molecule has 0 aliphatic heterocycles. The van der Waals surface area contributed by atoms with E-state index >= 15 is 0 Å². The average molecular weight is 295 g/mol. The Morgan fingerprint density at radius 3 is 2.55 bits per heavy atom. The van der Waals surface area contributed by atoms with E-state index in [0.717, 1.165) is 22.2 Å². The monoisotopic (exact) mass is 295 g/mol. The lowest BCUT2D eigenvalue weighted by atomic mass is 10.1. The summed E-state index contributed by atoms with van der Waals surface area (Å²) >= 11 is 0. The number of ketones is 1. The van der Waals surface area contributed by atoms with Crippen molar-refractivity contribution in [1.82, 2.24) is 4.57 Å². The van der Waals surface area contributed by atoms with Crippen LogP contribution >= 0.6 is 0 Å². The molecule has 112 valence electrons. The fourth-order valence-corrected chi connectivity index (χ4v) is 2.87. The zero-order valence-corrected chi connectivity index (χ0v) is 13.0. The fourth-order valence-electron chi connectivity index (χ4n) is 2.87. The zero-order chi connectivity index (χ0) is 15.9. The molecule has 22 heavy (non-hydrogen) atoms. The second-order valence-electron chi connectivity index (χ2n) is 5.68. The van der Waals surface area contributed by atoms with E-state index in [9.17, 15) is 9.18 Å². The van der Waals surface area contributed by atoms with Crippen molar-refractivity contribution >= 4 is 16.7 Å². The molecule has 1 heterocycles. The number of aromatic nitrogens is 1. The molecule has 2 nitrogen and oxygen atoms in total. The summed E-state index contributed by atoms with van der Waals surface area (Å²) in [5, 5.41) is 1.06. The van der Waals surface area contributed by atoms with Gasteiger partial charge in [0.15, 0.2) is 5.78 Å². The molecule has 0 fully saturated rings. The number of halogens is 1. The second-order valence-corrected chi connectivity index (χ2v) is 5.68. The van der Waals surface area contributed by atoms with Crippen LogP contribution < -0.4 is 0 Å². The first kappa shape index (κ1) is 14.5. The van der Waals surface area contributed by atoms with Crippen molar-refractivity contribution in [3.8, 4) is 0 Å². The third-order valence-electron chi connectivity index (χ3n) is 4.33. The van der Waals surface area contributed by atoms with Crippen molar-refractivity contribution in [3.63, 3.8) is 0 Å². The number of carbonyl (C=O) groups excluding carboxylic acids is 1. The molecule has 2 aromatic carbocycles. The van der Waals surface area contributed by atoms with Gasteiger partial charge in [-0.15, -0.1) is 0 Å². The minimum atomic E-state index is -0.193. The molecule has 0 N–H and O–H groups in total. The smallest absolute Gasteiger partial charge is 0.159 e. The highest BCUT2D eigenvalue weighted by molar-refractivity contribution is 5.99. The Balaban J connectivity index is 2.16. The maximum atomic E-state index is 13.9. The van der Waals surface area contributed by atoms with Gasteiger partial charge in [0.1, 0.15) is 5.82 Å². The van der Waals surface area contributed by atoms with Gasteiger partial charge in [-0.05, 0) is 50.6 Å². The number of benzene rings is 2. The Hall–Kier alpha value is -2.42. The van der Waals surface area contributed by atoms with Crippen LogP contribution in [0.2, 0.25) is 0 Å². The second kappa shape index (κ2) is 5.41. The number of aryl methyl sites for hydroxylation is 1. The van der Waals surface area contributed by atoms with E-state index in [1.54, 1.807) is 19.1 Å². The van der Waals surface area contributed by atoms with Crippen molar-refractivity contribution < 1.29 is 9.18 Å². The molecule has 0 unspecified atom stereocenters. The van der Waals surface area contributed by atoms with Crippen LogP contribution in [-0.2, 0) is 6.54 Å². The van der Waals surface area contributed by atoms with E-state index in [1.165, 1.54) is 6.07 Å². The highest BCUT2D eigenvalue weighted by atomic mass is 19.1. The molecule has 0 aliphatic rings. The van der Waals surface area contributed by atoms with Crippen molar-refractivity contribution in [2.24, 2.45) is 0 Å². The van der Waals surface area contributed by atoms with E-state index in [4.69, 9.17) is 0 Å². The highest BCUT2D eigenvalue weighted by Gasteiger charge is 2.14. The quantitative estimate of drug-likeness (QED) is 0.645. The van der Waals surface area contributed by atoms with Gasteiger partial charge in [0, 0.05) is 27.7 Å². The Labute approximate surface area is 129 Å². The maximum Gasteiger partial charge on any atom is 0.159 e. The van der Waals surface area contributed by atoms with Crippen LogP contribution in [0, 0.1) is 19.7 Å². The Morgan fingerprint density at radius 2 is 1.86 bits per heavy atom. The molecule has 0 aliphatic carbocycles. The lowest BCUT2D eigenvalue weighted by Crippen LogP contribution is -2.04. The van der Waals surface area contributed by atoms with E-state index in [1.807, 2.05) is 38.1 Å². The molecule has 0 amide bonds. The Morgan fingerprint density at radius 1 is 1.14 bits per heavy atom. The number of Topliss-reactive ketones (excluding diaryl/α,β-unsaturated/α-hetero) is 1. The van der Waals surface area contributed by atoms with Gasteiger partial charge in [0.25, 0.3) is 0 Å². The van der Waals surface area contributed by atoms with Crippen molar-refractivity contribution in [2.45, 2.75) is 27.3 Å². The fraction of sp³-hybridized carbons (Fsp3) is 0.211. The van der Waals surface area contributed by atoms with Crippen LogP contribution in [0.1, 0.15) is 34.1 Å². The molecule has 0 spiro atoms. The first-order valence-electron chi connectivity index (χ1n) is 7.33. The first-order valence-corrected chi connectivity index (χ1v) is 7.33. The number of nitrogens with zero attached hydrogens (tertiary/aromatic N) is 1. The van der Waals surface area contributed by atoms with Crippen LogP contribution in [-0.4, -0.2) is 10.4 Å². The molecular formula is C19H18FNO. The number of rotatable bonds is 3. The van der Waals surface area contributed by atoms with Crippen LogP contribution in [0.5, 0.6) is 0 Å². The lowest BCUT2D eigenvalue weighted by molar-refractivity contribution is 0.101. The van der Waals surface area contributed by atoms with Gasteiger partial charge in [-0.1, -0.05) is 18.2 Å². The molecule has 0 saturated carbocycles. The third kappa shape index (κ3) is 2.33. The summed E-state index contributed by atoms with van der Waals surface area (Å²) in [7, 11) is 0. The predicted molar refractivity (Wildman–Crippen MR) is 86.9 cm³/mol. The Kier molecular flexibility index (Phi) is 3.57. The van der Waals surface area contributed by atoms with Crippen LogP contribution in [0.3, 0.4) is 0 Å². The molecule has 3 rings (SSSR count). The zero-order valence-electron chi connectivity index (χ0n) is 13.0. The van der Waals surface area contributed by atoms with Gasteiger partial charge in [-0.2, -0.15) is 0 Å². The third-order valence-corrected chi connectivity index (χ3v) is 4.33. The normalized spacial score (nSPS) is 11.1. The van der Waals surface area contributed by atoms with Crippen molar-refractivity contribution in [1.29, 1.82) is 0 Å². The number of carbonyl (C=O) groups is 1. The summed E-state index contributed by atoms with van der Waals surface area (Å²) in [5.74, 6) is -0.137. The Bertz CT molecular complexity index is 877. The van der Waals surface area contributed by atoms with E-state index in [-0.39, 0.29) is 11.6 Å². The van der Waals surface area contributed by atoms with Crippen LogP contribution in [0.15, 0.2) is 42.5 Å². The summed E-state index contributed by atoms with van der Waals surface area (Å²) in [5.41, 5.74) is 4.63. The molecule has 0 saturated heterocycles. The SMILES string of the molecule is CC(=O)c1ccc2c(c1)c(C)c(C)n2Cc1ccccc1F. The summed E-state index contributed by atoms with van der Waals surface area (Å²) < 4.78 is 16.0. The number of fused-ring (bicyclic) bond motifs is 1. The number of hydrogen-bond donors (Lipinski definition) is 0. The molecule has 3 aromatic rings. The van der Waals surface area contributed by atoms with Crippen LogP contribution in [0.4, 0.5) is 4.39 Å². The van der Waals surface area contributed by atoms with E-state index < -0.39 is 0 Å². The standard InChI is InChI=1S/C19H18FNO/c1-12-13(2)21(11-16-6-4-5-7-18(16)20)19-9-8-15(14(3)22)10-17(12)19/h4-10H,11H2,1-3H3. The summed E-state index contributed by atoms with van der Waals surface area (Å²) in [6.45, 7) is 6.13. The average Bonchev–Trinajstić information content (AvgIpc) is 2.74. The number of hydrogen-bond acceptors (Lipinski definition) is 1. The highest BCUT2D eigenvalue weighted by Crippen LogP contribution is 2.27. The molecule has 0 atom stereocenters. The van der Waals surface area contributed by atoms with Crippen molar-refractivity contribution in [3.05, 3.63) is 70.7 Å². The molecule has 0 radical (unpaired) electrons. The summed E-state index contributed by atoms with van der Waals surface area (Å²) in [6.07, 6.45) is 0. The topological polar surface area (TPSA) is 22.0 Å². The first-order chi connectivity index (χ1) is 10.5. The lowest BCUT2D eigenvalue weighted by Gasteiger charge is -2.09. The summed E-state index contributed by atoms with van der Waals surface area (Å²) in [4.78, 5) is 11.6. The predicted octanol–water partition coefficient (Wildman–Crippen LogP) is 4.65. The molecule has 1 aromatic heterocycles. The molecular weight excluding hydrogens is 277 g/mol. The molecule has 0 bridgehead atoms. The van der Waals surface area contributed by atoms with E-state index in [0.29, 0.717) is 17.7 Å². The molecule has 3 heteroatoms. The van der Waals surface area contributed by atoms with E-state index in [2.05, 4.69) is 4.57 Å². The maximum absolute atomic E-state index is 13.9. The largest absolute Gasteiger partial charge is 0.340 e. The van der Waals surface area contributed by atoms with Gasteiger partial charge in [0.2, 0.25) is 0 Å².